The van der Waals surface area contributed by atoms with Gasteiger partial charge in [0.15, 0.2) is 0 Å². The molecule has 1 saturated heterocycles. The minimum absolute atomic E-state index is 0.141. The van der Waals surface area contributed by atoms with Crippen molar-refractivity contribution in [2.24, 2.45) is 7.05 Å². The molecule has 27 heavy (non-hydrogen) atoms. The summed E-state index contributed by atoms with van der Waals surface area (Å²) in [4.78, 5) is 23.1. The Morgan fingerprint density at radius 2 is 1.74 bits per heavy atom. The maximum absolute atomic E-state index is 12.9. The fraction of sp³-hybridized carbons (Fsp3) is 0.333. The fourth-order valence-corrected chi connectivity index (χ4v) is 4.23. The highest BCUT2D eigenvalue weighted by molar-refractivity contribution is 7.98. The smallest absolute Gasteiger partial charge is 0.255 e. The number of rotatable bonds is 4. The Hall–Kier alpha value is -2.31. The number of aromatic nitrogens is 2. The first-order chi connectivity index (χ1) is 13.2. The Kier molecular flexibility index (Phi) is 5.18. The molecule has 0 bridgehead atoms. The molecule has 1 aliphatic heterocycles. The summed E-state index contributed by atoms with van der Waals surface area (Å²) in [5.74, 6) is 1.21. The number of piperazine rings is 1. The number of thioether (sulfide) groups is 1. The van der Waals surface area contributed by atoms with Gasteiger partial charge >= 0.3 is 0 Å². The van der Waals surface area contributed by atoms with E-state index in [1.165, 1.54) is 0 Å². The van der Waals surface area contributed by atoms with Crippen molar-refractivity contribution in [3.8, 4) is 0 Å². The van der Waals surface area contributed by atoms with Crippen molar-refractivity contribution >= 4 is 28.7 Å². The molecule has 0 saturated carbocycles. The van der Waals surface area contributed by atoms with E-state index in [2.05, 4.69) is 28.6 Å². The fourth-order valence-electron chi connectivity index (χ4n) is 3.64. The third kappa shape index (κ3) is 3.59. The number of carbonyl (C=O) groups is 1. The number of amides is 1. The minimum atomic E-state index is 0.141. The lowest BCUT2D eigenvalue weighted by Gasteiger charge is -2.34. The van der Waals surface area contributed by atoms with E-state index in [4.69, 9.17) is 4.98 Å². The van der Waals surface area contributed by atoms with Crippen LogP contribution in [0.25, 0.3) is 11.0 Å². The maximum Gasteiger partial charge on any atom is 0.255 e. The van der Waals surface area contributed by atoms with Gasteiger partial charge in [0.05, 0.1) is 23.1 Å². The third-order valence-electron chi connectivity index (χ3n) is 5.24. The molecule has 1 aromatic heterocycles. The highest BCUT2D eigenvalue weighted by Gasteiger charge is 2.24. The summed E-state index contributed by atoms with van der Waals surface area (Å²) in [7, 11) is 2.07. The summed E-state index contributed by atoms with van der Waals surface area (Å²) >= 11 is 1.62. The number of nitrogens with zero attached hydrogens (tertiary/aromatic N) is 4. The Labute approximate surface area is 164 Å². The molecule has 5 nitrogen and oxygen atoms in total. The average Bonchev–Trinajstić information content (AvgIpc) is 3.03. The van der Waals surface area contributed by atoms with E-state index in [-0.39, 0.29) is 5.91 Å². The molecular weight excluding hydrogens is 356 g/mol. The molecule has 140 valence electrons. The summed E-state index contributed by atoms with van der Waals surface area (Å²) < 4.78 is 2.17. The maximum atomic E-state index is 12.9. The Bertz CT molecular complexity index is 960. The van der Waals surface area contributed by atoms with Gasteiger partial charge in [-0.3, -0.25) is 9.69 Å². The van der Waals surface area contributed by atoms with Crippen molar-refractivity contribution in [1.29, 1.82) is 0 Å². The van der Waals surface area contributed by atoms with Crippen LogP contribution >= 0.6 is 11.8 Å². The molecule has 1 fully saturated rings. The number of benzene rings is 2. The number of hydrogen-bond acceptors (Lipinski definition) is 4. The largest absolute Gasteiger partial charge is 0.336 e. The highest BCUT2D eigenvalue weighted by atomic mass is 32.2. The molecule has 4 rings (SSSR count). The second-order valence-corrected chi connectivity index (χ2v) is 7.69. The molecule has 0 unspecified atom stereocenters. The van der Waals surface area contributed by atoms with E-state index in [9.17, 15) is 4.79 Å². The topological polar surface area (TPSA) is 41.4 Å². The average molecular weight is 381 g/mol. The molecule has 2 heterocycles. The van der Waals surface area contributed by atoms with Gasteiger partial charge in [-0.25, -0.2) is 4.98 Å². The van der Waals surface area contributed by atoms with Crippen LogP contribution in [0.2, 0.25) is 0 Å². The van der Waals surface area contributed by atoms with E-state index in [0.29, 0.717) is 0 Å². The first-order valence-electron chi connectivity index (χ1n) is 9.22. The molecule has 1 aliphatic rings. The molecule has 0 atom stereocenters. The van der Waals surface area contributed by atoms with Crippen LogP contribution in [-0.2, 0) is 13.6 Å². The minimum Gasteiger partial charge on any atom is -0.336 e. The van der Waals surface area contributed by atoms with Crippen molar-refractivity contribution < 1.29 is 4.79 Å². The lowest BCUT2D eigenvalue weighted by molar-refractivity contribution is 0.0621. The number of hydrogen-bond donors (Lipinski definition) is 0. The van der Waals surface area contributed by atoms with Crippen LogP contribution in [0.4, 0.5) is 0 Å². The van der Waals surface area contributed by atoms with Gasteiger partial charge in [0.25, 0.3) is 5.91 Å². The lowest BCUT2D eigenvalue weighted by atomic mass is 10.2. The van der Waals surface area contributed by atoms with E-state index < -0.39 is 0 Å². The van der Waals surface area contributed by atoms with Crippen molar-refractivity contribution in [3.05, 3.63) is 59.9 Å². The second kappa shape index (κ2) is 7.74. The Morgan fingerprint density at radius 3 is 2.48 bits per heavy atom. The van der Waals surface area contributed by atoms with Crippen LogP contribution in [0.3, 0.4) is 0 Å². The number of fused-ring (bicyclic) bond motifs is 1. The van der Waals surface area contributed by atoms with E-state index in [1.54, 1.807) is 11.8 Å². The summed E-state index contributed by atoms with van der Waals surface area (Å²) in [5, 5.41) is 0. The molecule has 0 radical (unpaired) electrons. The van der Waals surface area contributed by atoms with Gasteiger partial charge in [-0.1, -0.05) is 24.3 Å². The van der Waals surface area contributed by atoms with Crippen molar-refractivity contribution in [2.75, 3.05) is 32.4 Å². The predicted octanol–water partition coefficient (Wildman–Crippen LogP) is 3.25. The summed E-state index contributed by atoms with van der Waals surface area (Å²) in [5.41, 5.74) is 3.02. The SMILES string of the molecule is CSc1ccccc1C(=O)N1CCN(Cc2nc3ccccc3n2C)CC1. The summed E-state index contributed by atoms with van der Waals surface area (Å²) in [6, 6.07) is 16.1. The quantitative estimate of drug-likeness (QED) is 0.652. The van der Waals surface area contributed by atoms with Gasteiger partial charge in [-0.15, -0.1) is 11.8 Å². The van der Waals surface area contributed by atoms with Gasteiger partial charge in [0.2, 0.25) is 0 Å². The number of para-hydroxylation sites is 2. The van der Waals surface area contributed by atoms with Crippen LogP contribution in [-0.4, -0.2) is 57.7 Å². The Balaban J connectivity index is 1.41. The molecule has 2 aromatic carbocycles. The molecule has 0 aliphatic carbocycles. The zero-order valence-electron chi connectivity index (χ0n) is 15.8. The lowest BCUT2D eigenvalue weighted by Crippen LogP contribution is -2.48. The van der Waals surface area contributed by atoms with Gasteiger partial charge in [-0.2, -0.15) is 0 Å². The van der Waals surface area contributed by atoms with Gasteiger partial charge in [0.1, 0.15) is 5.82 Å². The normalized spacial score (nSPS) is 15.4. The highest BCUT2D eigenvalue weighted by Crippen LogP contribution is 2.22. The molecular formula is C21H24N4OS. The van der Waals surface area contributed by atoms with Gasteiger partial charge < -0.3 is 9.47 Å². The molecule has 6 heteroatoms. The van der Waals surface area contributed by atoms with Crippen molar-refractivity contribution in [2.45, 2.75) is 11.4 Å². The zero-order valence-corrected chi connectivity index (χ0v) is 16.6. The first kappa shape index (κ1) is 18.1. The summed E-state index contributed by atoms with van der Waals surface area (Å²) in [6.45, 7) is 4.07. The number of carbonyl (C=O) groups excluding carboxylic acids is 1. The van der Waals surface area contributed by atoms with Crippen LogP contribution < -0.4 is 0 Å². The van der Waals surface area contributed by atoms with E-state index in [1.807, 2.05) is 47.6 Å². The number of aryl methyl sites for hydroxylation is 1. The standard InChI is InChI=1S/C21H24N4OS/c1-23-18-9-5-4-8-17(18)22-20(23)15-24-11-13-25(14-12-24)21(26)16-7-3-6-10-19(16)27-2/h3-10H,11-15H2,1-2H3. The summed E-state index contributed by atoms with van der Waals surface area (Å²) in [6.07, 6.45) is 2.01. The van der Waals surface area contributed by atoms with Gasteiger partial charge in [0, 0.05) is 38.1 Å². The third-order valence-corrected chi connectivity index (χ3v) is 6.04. The molecule has 3 aromatic rings. The number of imidazole rings is 1. The predicted molar refractivity (Wildman–Crippen MR) is 110 cm³/mol. The van der Waals surface area contributed by atoms with Crippen molar-refractivity contribution in [3.63, 3.8) is 0 Å². The van der Waals surface area contributed by atoms with E-state index in [0.717, 1.165) is 60.0 Å². The van der Waals surface area contributed by atoms with Gasteiger partial charge in [-0.05, 0) is 30.5 Å². The molecule has 0 N–H and O–H groups in total. The zero-order chi connectivity index (χ0) is 18.8. The molecule has 1 amide bonds. The van der Waals surface area contributed by atoms with Crippen LogP contribution in [0.1, 0.15) is 16.2 Å². The monoisotopic (exact) mass is 380 g/mol. The first-order valence-corrected chi connectivity index (χ1v) is 10.4. The Morgan fingerprint density at radius 1 is 1.04 bits per heavy atom. The van der Waals surface area contributed by atoms with Crippen LogP contribution in [0, 0.1) is 0 Å². The van der Waals surface area contributed by atoms with Crippen LogP contribution in [0.15, 0.2) is 53.4 Å². The molecule has 0 spiro atoms. The van der Waals surface area contributed by atoms with Crippen LogP contribution in [0.5, 0.6) is 0 Å². The second-order valence-electron chi connectivity index (χ2n) is 6.84. The van der Waals surface area contributed by atoms with E-state index >= 15 is 0 Å². The van der Waals surface area contributed by atoms with Crippen molar-refractivity contribution in [1.82, 2.24) is 19.4 Å².